The Morgan fingerprint density at radius 1 is 1.24 bits per heavy atom. The lowest BCUT2D eigenvalue weighted by Gasteiger charge is -2.20. The highest BCUT2D eigenvalue weighted by atomic mass is 16.3. The fraction of sp³-hybridized carbons (Fsp3) is 0.588. The number of aliphatic hydroxyl groups excluding tert-OH is 1. The van der Waals surface area contributed by atoms with Crippen LogP contribution in [0, 0.1) is 5.92 Å². The average molecular weight is 287 g/mol. The van der Waals surface area contributed by atoms with Crippen LogP contribution in [0.15, 0.2) is 23.2 Å². The van der Waals surface area contributed by atoms with Gasteiger partial charge in [-0.05, 0) is 55.7 Å². The number of aliphatic hydroxyl groups is 1. The molecule has 0 aliphatic heterocycles. The smallest absolute Gasteiger partial charge is 0.193 e. The number of anilines is 1. The Balaban J connectivity index is 1.65. The summed E-state index contributed by atoms with van der Waals surface area (Å²) >= 11 is 0. The highest BCUT2D eigenvalue weighted by molar-refractivity contribution is 5.93. The van der Waals surface area contributed by atoms with Crippen LogP contribution in [-0.2, 0) is 12.8 Å². The number of fused-ring (bicyclic) bond motifs is 1. The summed E-state index contributed by atoms with van der Waals surface area (Å²) in [6.07, 6.45) is 7.66. The molecule has 114 valence electrons. The van der Waals surface area contributed by atoms with E-state index in [2.05, 4.69) is 28.5 Å². The van der Waals surface area contributed by atoms with E-state index >= 15 is 0 Å². The highest BCUT2D eigenvalue weighted by Crippen LogP contribution is 2.28. The third-order valence-electron chi connectivity index (χ3n) is 4.77. The Morgan fingerprint density at radius 2 is 2.10 bits per heavy atom. The summed E-state index contributed by atoms with van der Waals surface area (Å²) in [6, 6.07) is 6.37. The molecule has 1 aromatic carbocycles. The molecule has 4 heteroatoms. The summed E-state index contributed by atoms with van der Waals surface area (Å²) in [5.74, 6) is 0.739. The molecular formula is C17H25N3O. The lowest BCUT2D eigenvalue weighted by atomic mass is 9.90. The molecule has 2 aliphatic rings. The lowest BCUT2D eigenvalue weighted by molar-refractivity contribution is 0.137. The predicted octanol–water partition coefficient (Wildman–Crippen LogP) is 2.45. The summed E-state index contributed by atoms with van der Waals surface area (Å²) in [5, 5.41) is 13.1. The zero-order chi connectivity index (χ0) is 14.7. The van der Waals surface area contributed by atoms with Crippen molar-refractivity contribution in [2.24, 2.45) is 16.6 Å². The summed E-state index contributed by atoms with van der Waals surface area (Å²) in [7, 11) is 0. The number of guanidine groups is 1. The third-order valence-corrected chi connectivity index (χ3v) is 4.77. The molecule has 0 amide bonds. The Kier molecular flexibility index (Phi) is 4.44. The van der Waals surface area contributed by atoms with Gasteiger partial charge in [0.25, 0.3) is 0 Å². The number of nitrogens with two attached hydrogens (primary N) is 1. The fourth-order valence-corrected chi connectivity index (χ4v) is 3.52. The maximum Gasteiger partial charge on any atom is 0.193 e. The molecule has 4 nitrogen and oxygen atoms in total. The number of benzene rings is 1. The lowest BCUT2D eigenvalue weighted by Crippen LogP contribution is -2.26. The number of nitrogens with zero attached hydrogens (tertiary/aromatic N) is 1. The van der Waals surface area contributed by atoms with E-state index in [0.717, 1.165) is 37.8 Å². The first-order chi connectivity index (χ1) is 10.2. The molecule has 1 fully saturated rings. The minimum Gasteiger partial charge on any atom is -0.393 e. The molecular weight excluding hydrogens is 262 g/mol. The zero-order valence-electron chi connectivity index (χ0n) is 12.5. The topological polar surface area (TPSA) is 70.6 Å². The van der Waals surface area contributed by atoms with Gasteiger partial charge < -0.3 is 16.2 Å². The second kappa shape index (κ2) is 6.48. The molecule has 1 aromatic rings. The average Bonchev–Trinajstić information content (AvgIpc) is 2.91. The molecule has 2 unspecified atom stereocenters. The molecule has 0 bridgehead atoms. The zero-order valence-corrected chi connectivity index (χ0v) is 12.5. The predicted molar refractivity (Wildman–Crippen MR) is 86.5 cm³/mol. The molecule has 1 saturated carbocycles. The minimum atomic E-state index is -0.203. The standard InChI is InChI=1S/C17H25N3O/c18-17(19-11-13-7-4-10-16(13)21)20-15-9-3-6-12-5-1-2-8-14(12)15/h3,6,9,13,16,21H,1-2,4-5,7-8,10-11H2,(H3,18,19,20). The van der Waals surface area contributed by atoms with Crippen LogP contribution >= 0.6 is 0 Å². The van der Waals surface area contributed by atoms with Gasteiger partial charge in [-0.2, -0.15) is 0 Å². The van der Waals surface area contributed by atoms with Crippen molar-refractivity contribution in [1.29, 1.82) is 0 Å². The van der Waals surface area contributed by atoms with Crippen LogP contribution in [0.4, 0.5) is 5.69 Å². The molecule has 0 aromatic heterocycles. The maximum absolute atomic E-state index is 9.82. The Morgan fingerprint density at radius 3 is 2.90 bits per heavy atom. The molecule has 2 aliphatic carbocycles. The monoisotopic (exact) mass is 287 g/mol. The van der Waals surface area contributed by atoms with Gasteiger partial charge >= 0.3 is 0 Å². The van der Waals surface area contributed by atoms with Crippen molar-refractivity contribution in [1.82, 2.24) is 0 Å². The second-order valence-electron chi connectivity index (χ2n) is 6.26. The Hall–Kier alpha value is -1.55. The third kappa shape index (κ3) is 3.38. The number of aryl methyl sites for hydroxylation is 1. The van der Waals surface area contributed by atoms with Crippen molar-refractivity contribution in [2.45, 2.75) is 51.0 Å². The first kappa shape index (κ1) is 14.4. The summed E-state index contributed by atoms with van der Waals surface area (Å²) in [4.78, 5) is 4.42. The van der Waals surface area contributed by atoms with Crippen LogP contribution in [0.1, 0.15) is 43.2 Å². The number of hydrogen-bond acceptors (Lipinski definition) is 2. The van der Waals surface area contributed by atoms with Gasteiger partial charge in [0.05, 0.1) is 6.10 Å². The quantitative estimate of drug-likeness (QED) is 0.591. The van der Waals surface area contributed by atoms with Gasteiger partial charge in [0.1, 0.15) is 0 Å². The molecule has 3 rings (SSSR count). The van der Waals surface area contributed by atoms with Gasteiger partial charge in [0, 0.05) is 18.2 Å². The van der Waals surface area contributed by atoms with Gasteiger partial charge in [-0.1, -0.05) is 18.6 Å². The van der Waals surface area contributed by atoms with E-state index in [1.54, 1.807) is 0 Å². The van der Waals surface area contributed by atoms with Crippen LogP contribution in [0.25, 0.3) is 0 Å². The maximum atomic E-state index is 9.82. The Bertz CT molecular complexity index is 527. The largest absolute Gasteiger partial charge is 0.393 e. The van der Waals surface area contributed by atoms with Gasteiger partial charge in [-0.3, -0.25) is 4.99 Å². The van der Waals surface area contributed by atoms with Gasteiger partial charge in [-0.15, -0.1) is 0 Å². The normalized spacial score (nSPS) is 25.7. The summed E-state index contributed by atoms with van der Waals surface area (Å²) in [5.41, 5.74) is 9.94. The molecule has 0 radical (unpaired) electrons. The number of nitrogens with one attached hydrogen (secondary N) is 1. The van der Waals surface area contributed by atoms with Crippen LogP contribution in [0.3, 0.4) is 0 Å². The van der Waals surface area contributed by atoms with E-state index in [9.17, 15) is 5.11 Å². The first-order valence-electron chi connectivity index (χ1n) is 8.10. The fourth-order valence-electron chi connectivity index (χ4n) is 3.52. The number of hydrogen-bond donors (Lipinski definition) is 3. The van der Waals surface area contributed by atoms with Crippen molar-refractivity contribution < 1.29 is 5.11 Å². The van der Waals surface area contributed by atoms with Crippen molar-refractivity contribution in [2.75, 3.05) is 11.9 Å². The molecule has 0 saturated heterocycles. The highest BCUT2D eigenvalue weighted by Gasteiger charge is 2.24. The molecule has 2 atom stereocenters. The minimum absolute atomic E-state index is 0.203. The van der Waals surface area contributed by atoms with Crippen molar-refractivity contribution in [3.63, 3.8) is 0 Å². The van der Waals surface area contributed by atoms with Crippen LogP contribution in [0.2, 0.25) is 0 Å². The molecule has 0 heterocycles. The second-order valence-corrected chi connectivity index (χ2v) is 6.26. The van der Waals surface area contributed by atoms with Gasteiger partial charge in [0.2, 0.25) is 0 Å². The molecule has 0 spiro atoms. The van der Waals surface area contributed by atoms with Crippen molar-refractivity contribution in [3.8, 4) is 0 Å². The number of rotatable bonds is 3. The van der Waals surface area contributed by atoms with E-state index < -0.39 is 0 Å². The van der Waals surface area contributed by atoms with E-state index in [4.69, 9.17) is 5.73 Å². The molecule has 21 heavy (non-hydrogen) atoms. The first-order valence-corrected chi connectivity index (χ1v) is 8.10. The van der Waals surface area contributed by atoms with E-state index in [1.165, 1.54) is 24.0 Å². The SMILES string of the molecule is NC(=NCC1CCCC1O)Nc1cccc2c1CCCC2. The van der Waals surface area contributed by atoms with E-state index in [0.29, 0.717) is 12.5 Å². The van der Waals surface area contributed by atoms with Gasteiger partial charge in [-0.25, -0.2) is 0 Å². The molecule has 4 N–H and O–H groups in total. The number of aliphatic imine (C=N–C) groups is 1. The van der Waals surface area contributed by atoms with Crippen molar-refractivity contribution in [3.05, 3.63) is 29.3 Å². The summed E-state index contributed by atoms with van der Waals surface area (Å²) in [6.45, 7) is 0.620. The van der Waals surface area contributed by atoms with E-state index in [1.807, 2.05) is 0 Å². The van der Waals surface area contributed by atoms with E-state index in [-0.39, 0.29) is 12.0 Å². The van der Waals surface area contributed by atoms with Crippen molar-refractivity contribution >= 4 is 11.6 Å². The van der Waals surface area contributed by atoms with Crippen LogP contribution < -0.4 is 11.1 Å². The van der Waals surface area contributed by atoms with Gasteiger partial charge in [0.15, 0.2) is 5.96 Å². The van der Waals surface area contributed by atoms with Crippen LogP contribution in [-0.4, -0.2) is 23.7 Å². The Labute approximate surface area is 126 Å². The van der Waals surface area contributed by atoms with Crippen LogP contribution in [0.5, 0.6) is 0 Å². The summed E-state index contributed by atoms with van der Waals surface area (Å²) < 4.78 is 0.